The van der Waals surface area contributed by atoms with Gasteiger partial charge < -0.3 is 9.84 Å². The van der Waals surface area contributed by atoms with E-state index < -0.39 is 0 Å². The zero-order valence-electron chi connectivity index (χ0n) is 12.5. The van der Waals surface area contributed by atoms with Crippen molar-refractivity contribution in [3.8, 4) is 0 Å². The summed E-state index contributed by atoms with van der Waals surface area (Å²) in [7, 11) is 1.35. The Bertz CT molecular complexity index is 402. The molecule has 0 saturated carbocycles. The van der Waals surface area contributed by atoms with Crippen molar-refractivity contribution < 1.29 is 14.6 Å². The van der Waals surface area contributed by atoms with Crippen LogP contribution in [0.2, 0.25) is 0 Å². The molecule has 5 heteroatoms. The van der Waals surface area contributed by atoms with Gasteiger partial charge in [-0.05, 0) is 25.0 Å². The van der Waals surface area contributed by atoms with Crippen molar-refractivity contribution in [1.29, 1.82) is 0 Å². The molecule has 0 aliphatic carbocycles. The van der Waals surface area contributed by atoms with E-state index in [4.69, 9.17) is 0 Å². The Morgan fingerprint density at radius 3 is 2.55 bits per heavy atom. The monoisotopic (exact) mass is 280 g/mol. The number of rotatable bonds is 8. The molecule has 112 valence electrons. The van der Waals surface area contributed by atoms with Crippen LogP contribution in [0.4, 0.5) is 0 Å². The number of aliphatic hydroxyl groups excluding tert-OH is 1. The van der Waals surface area contributed by atoms with Gasteiger partial charge in [0.2, 0.25) is 0 Å². The van der Waals surface area contributed by atoms with Gasteiger partial charge >= 0.3 is 5.97 Å². The van der Waals surface area contributed by atoms with Crippen LogP contribution in [0.25, 0.3) is 0 Å². The topological polar surface area (TPSA) is 62.7 Å². The molecule has 1 aromatic heterocycles. The molecule has 0 fully saturated rings. The average molecular weight is 280 g/mol. The Balaban J connectivity index is 2.75. The minimum Gasteiger partial charge on any atom is -0.465 e. The molecule has 20 heavy (non-hydrogen) atoms. The lowest BCUT2D eigenvalue weighted by atomic mass is 10.1. The zero-order valence-corrected chi connectivity index (χ0v) is 12.5. The molecule has 1 heterocycles. The Labute approximate surface area is 120 Å². The SMILES string of the molecule is CCC(CC)N(CCO)Cc1ccc(C(=O)OC)cn1. The van der Waals surface area contributed by atoms with E-state index in [0.29, 0.717) is 24.7 Å². The van der Waals surface area contributed by atoms with Gasteiger partial charge in [0, 0.05) is 25.3 Å². The van der Waals surface area contributed by atoms with E-state index in [0.717, 1.165) is 18.5 Å². The van der Waals surface area contributed by atoms with Crippen LogP contribution in [-0.2, 0) is 11.3 Å². The fourth-order valence-corrected chi connectivity index (χ4v) is 2.29. The molecular formula is C15H24N2O3. The van der Waals surface area contributed by atoms with Gasteiger partial charge in [-0.25, -0.2) is 4.79 Å². The quantitative estimate of drug-likeness (QED) is 0.736. The van der Waals surface area contributed by atoms with E-state index in [-0.39, 0.29) is 12.6 Å². The third kappa shape index (κ3) is 4.58. The van der Waals surface area contributed by atoms with Crippen LogP contribution in [0.15, 0.2) is 18.3 Å². The molecule has 0 aliphatic rings. The highest BCUT2D eigenvalue weighted by molar-refractivity contribution is 5.88. The molecule has 0 radical (unpaired) electrons. The highest BCUT2D eigenvalue weighted by Gasteiger charge is 2.15. The number of aromatic nitrogens is 1. The number of carbonyl (C=O) groups is 1. The summed E-state index contributed by atoms with van der Waals surface area (Å²) in [4.78, 5) is 17.9. The first-order valence-electron chi connectivity index (χ1n) is 7.04. The third-order valence-electron chi connectivity index (χ3n) is 3.46. The maximum Gasteiger partial charge on any atom is 0.339 e. The molecule has 0 aliphatic heterocycles. The summed E-state index contributed by atoms with van der Waals surface area (Å²) in [6.45, 7) is 5.73. The summed E-state index contributed by atoms with van der Waals surface area (Å²) in [5.74, 6) is -0.378. The van der Waals surface area contributed by atoms with Crippen molar-refractivity contribution in [2.45, 2.75) is 39.3 Å². The highest BCUT2D eigenvalue weighted by atomic mass is 16.5. The fraction of sp³-hybridized carbons (Fsp3) is 0.600. The number of hydrogen-bond donors (Lipinski definition) is 1. The standard InChI is InChI=1S/C15H24N2O3/c1-4-14(5-2)17(8-9-18)11-13-7-6-12(10-16-13)15(19)20-3/h6-7,10,14,18H,4-5,8-9,11H2,1-3H3. The molecule has 1 rings (SSSR count). The van der Waals surface area contributed by atoms with Crippen molar-refractivity contribution in [3.63, 3.8) is 0 Å². The molecule has 0 spiro atoms. The summed E-state index contributed by atoms with van der Waals surface area (Å²) in [6, 6.07) is 3.99. The van der Waals surface area contributed by atoms with Crippen LogP contribution >= 0.6 is 0 Å². The second-order valence-corrected chi connectivity index (χ2v) is 4.69. The molecule has 0 bridgehead atoms. The number of methoxy groups -OCH3 is 1. The van der Waals surface area contributed by atoms with Crippen molar-refractivity contribution >= 4 is 5.97 Å². The van der Waals surface area contributed by atoms with Gasteiger partial charge in [-0.1, -0.05) is 13.8 Å². The van der Waals surface area contributed by atoms with Crippen LogP contribution in [0.1, 0.15) is 42.7 Å². The summed E-state index contributed by atoms with van der Waals surface area (Å²) in [6.07, 6.45) is 3.61. The Morgan fingerprint density at radius 1 is 1.40 bits per heavy atom. The number of aliphatic hydroxyl groups is 1. The first-order valence-corrected chi connectivity index (χ1v) is 7.04. The van der Waals surface area contributed by atoms with E-state index in [1.165, 1.54) is 13.3 Å². The summed E-state index contributed by atoms with van der Waals surface area (Å²) in [5, 5.41) is 9.18. The predicted octanol–water partition coefficient (Wildman–Crippen LogP) is 1.85. The van der Waals surface area contributed by atoms with Crippen molar-refractivity contribution in [2.24, 2.45) is 0 Å². The first-order chi connectivity index (χ1) is 9.65. The van der Waals surface area contributed by atoms with Crippen LogP contribution in [0.3, 0.4) is 0 Å². The number of pyridine rings is 1. The Hall–Kier alpha value is -1.46. The summed E-state index contributed by atoms with van der Waals surface area (Å²) < 4.78 is 4.65. The van der Waals surface area contributed by atoms with Crippen molar-refractivity contribution in [1.82, 2.24) is 9.88 Å². The predicted molar refractivity (Wildman–Crippen MR) is 77.4 cm³/mol. The normalized spacial score (nSPS) is 11.1. The van der Waals surface area contributed by atoms with E-state index in [1.807, 2.05) is 6.07 Å². The van der Waals surface area contributed by atoms with Crippen LogP contribution in [0.5, 0.6) is 0 Å². The maximum atomic E-state index is 11.3. The maximum absolute atomic E-state index is 11.3. The number of hydrogen-bond acceptors (Lipinski definition) is 5. The zero-order chi connectivity index (χ0) is 15.0. The number of nitrogens with zero attached hydrogens (tertiary/aromatic N) is 2. The molecule has 0 aromatic carbocycles. The van der Waals surface area contributed by atoms with E-state index in [2.05, 4.69) is 28.5 Å². The number of carbonyl (C=O) groups excluding carboxylic acids is 1. The highest BCUT2D eigenvalue weighted by Crippen LogP contribution is 2.12. The third-order valence-corrected chi connectivity index (χ3v) is 3.46. The lowest BCUT2D eigenvalue weighted by Crippen LogP contribution is -2.36. The fourth-order valence-electron chi connectivity index (χ4n) is 2.29. The lowest BCUT2D eigenvalue weighted by Gasteiger charge is -2.29. The molecule has 0 unspecified atom stereocenters. The molecule has 0 amide bonds. The molecule has 0 saturated heterocycles. The van der Waals surface area contributed by atoms with E-state index in [1.54, 1.807) is 6.07 Å². The largest absolute Gasteiger partial charge is 0.465 e. The molecule has 1 N–H and O–H groups in total. The summed E-state index contributed by atoms with van der Waals surface area (Å²) >= 11 is 0. The lowest BCUT2D eigenvalue weighted by molar-refractivity contribution is 0.0600. The van der Waals surface area contributed by atoms with Crippen LogP contribution in [0, 0.1) is 0 Å². The Morgan fingerprint density at radius 2 is 2.10 bits per heavy atom. The van der Waals surface area contributed by atoms with Gasteiger partial charge in [0.25, 0.3) is 0 Å². The van der Waals surface area contributed by atoms with Gasteiger partial charge in [0.05, 0.1) is 25.0 Å². The second kappa shape index (κ2) is 8.66. The van der Waals surface area contributed by atoms with Gasteiger partial charge in [-0.3, -0.25) is 9.88 Å². The van der Waals surface area contributed by atoms with Crippen molar-refractivity contribution in [2.75, 3.05) is 20.3 Å². The van der Waals surface area contributed by atoms with Crippen LogP contribution in [-0.4, -0.2) is 47.3 Å². The molecule has 5 nitrogen and oxygen atoms in total. The molecule has 0 atom stereocenters. The second-order valence-electron chi connectivity index (χ2n) is 4.69. The molecule has 1 aromatic rings. The van der Waals surface area contributed by atoms with Gasteiger partial charge in [0.15, 0.2) is 0 Å². The first kappa shape index (κ1) is 16.6. The van der Waals surface area contributed by atoms with Gasteiger partial charge in [-0.15, -0.1) is 0 Å². The van der Waals surface area contributed by atoms with Gasteiger partial charge in [0.1, 0.15) is 0 Å². The average Bonchev–Trinajstić information content (AvgIpc) is 2.48. The summed E-state index contributed by atoms with van der Waals surface area (Å²) in [5.41, 5.74) is 1.34. The minimum atomic E-state index is -0.378. The van der Waals surface area contributed by atoms with Crippen LogP contribution < -0.4 is 0 Å². The van der Waals surface area contributed by atoms with E-state index >= 15 is 0 Å². The number of esters is 1. The van der Waals surface area contributed by atoms with E-state index in [9.17, 15) is 9.90 Å². The number of ether oxygens (including phenoxy) is 1. The molecular weight excluding hydrogens is 256 g/mol. The Kier molecular flexibility index (Phi) is 7.18. The minimum absolute atomic E-state index is 0.136. The van der Waals surface area contributed by atoms with Gasteiger partial charge in [-0.2, -0.15) is 0 Å². The smallest absolute Gasteiger partial charge is 0.339 e. The van der Waals surface area contributed by atoms with Crippen molar-refractivity contribution in [3.05, 3.63) is 29.6 Å².